The van der Waals surface area contributed by atoms with Gasteiger partial charge in [-0.2, -0.15) is 0 Å². The van der Waals surface area contributed by atoms with Crippen molar-refractivity contribution in [1.29, 1.82) is 0 Å². The summed E-state index contributed by atoms with van der Waals surface area (Å²) in [5.41, 5.74) is 8.71. The van der Waals surface area contributed by atoms with E-state index in [0.717, 1.165) is 18.7 Å². The number of carbonyl (C=O) groups excluding carboxylic acids is 1. The number of rotatable bonds is 5. The summed E-state index contributed by atoms with van der Waals surface area (Å²) in [7, 11) is 0. The Morgan fingerprint density at radius 2 is 2.17 bits per heavy atom. The molecule has 0 unspecified atom stereocenters. The molecule has 0 aromatic heterocycles. The molecule has 1 aliphatic rings. The third-order valence-electron chi connectivity index (χ3n) is 4.05. The SMILES string of the molecule is Cc1cc(C(N)=O)ccc1CNCC1(C)CCC1. The number of aryl methyl sites for hydroxylation is 1. The average Bonchev–Trinajstić information content (AvgIpc) is 2.28. The van der Waals surface area contributed by atoms with Gasteiger partial charge in [0.05, 0.1) is 0 Å². The van der Waals surface area contributed by atoms with Gasteiger partial charge in [0.25, 0.3) is 0 Å². The van der Waals surface area contributed by atoms with Gasteiger partial charge in [-0.1, -0.05) is 19.4 Å². The molecule has 1 aliphatic carbocycles. The second-order valence-electron chi connectivity index (χ2n) is 5.77. The zero-order chi connectivity index (χ0) is 13.2. The lowest BCUT2D eigenvalue weighted by Gasteiger charge is -2.38. The molecule has 0 radical (unpaired) electrons. The summed E-state index contributed by atoms with van der Waals surface area (Å²) in [6.07, 6.45) is 4.03. The first-order valence-corrected chi connectivity index (χ1v) is 6.60. The minimum atomic E-state index is -0.361. The van der Waals surface area contributed by atoms with Crippen molar-refractivity contribution < 1.29 is 4.79 Å². The normalized spacial score (nSPS) is 17.2. The quantitative estimate of drug-likeness (QED) is 0.838. The van der Waals surface area contributed by atoms with E-state index in [0.29, 0.717) is 11.0 Å². The van der Waals surface area contributed by atoms with Crippen LogP contribution >= 0.6 is 0 Å². The number of hydrogen-bond donors (Lipinski definition) is 2. The molecule has 1 aromatic rings. The highest BCUT2D eigenvalue weighted by Gasteiger charge is 2.30. The lowest BCUT2D eigenvalue weighted by atomic mass is 9.70. The molecule has 1 aromatic carbocycles. The Bertz CT molecular complexity index is 450. The lowest BCUT2D eigenvalue weighted by molar-refractivity contribution is 0.1000. The van der Waals surface area contributed by atoms with Crippen LogP contribution in [0.2, 0.25) is 0 Å². The maximum atomic E-state index is 11.1. The molecule has 3 N–H and O–H groups in total. The minimum Gasteiger partial charge on any atom is -0.366 e. The monoisotopic (exact) mass is 246 g/mol. The van der Waals surface area contributed by atoms with Crippen molar-refractivity contribution >= 4 is 5.91 Å². The Kier molecular flexibility index (Phi) is 3.71. The molecular formula is C15H22N2O. The van der Waals surface area contributed by atoms with E-state index in [9.17, 15) is 4.79 Å². The highest BCUT2D eigenvalue weighted by atomic mass is 16.1. The number of nitrogens with one attached hydrogen (secondary N) is 1. The molecule has 0 heterocycles. The van der Waals surface area contributed by atoms with E-state index in [1.54, 1.807) is 6.07 Å². The van der Waals surface area contributed by atoms with Crippen molar-refractivity contribution in [2.24, 2.45) is 11.1 Å². The van der Waals surface area contributed by atoms with E-state index in [4.69, 9.17) is 5.73 Å². The van der Waals surface area contributed by atoms with Crippen LogP contribution in [0.3, 0.4) is 0 Å². The first kappa shape index (κ1) is 13.1. The fraction of sp³-hybridized carbons (Fsp3) is 0.533. The van der Waals surface area contributed by atoms with Crippen LogP contribution in [-0.2, 0) is 6.54 Å². The molecule has 0 atom stereocenters. The van der Waals surface area contributed by atoms with Gasteiger partial charge in [0.15, 0.2) is 0 Å². The minimum absolute atomic E-state index is 0.361. The van der Waals surface area contributed by atoms with Crippen molar-refractivity contribution in [3.05, 3.63) is 34.9 Å². The topological polar surface area (TPSA) is 55.1 Å². The van der Waals surface area contributed by atoms with E-state index in [2.05, 4.69) is 12.2 Å². The molecule has 1 amide bonds. The van der Waals surface area contributed by atoms with Gasteiger partial charge in [0.2, 0.25) is 5.91 Å². The Balaban J connectivity index is 1.91. The number of amides is 1. The highest BCUT2D eigenvalue weighted by Crippen LogP contribution is 2.39. The van der Waals surface area contributed by atoms with Crippen molar-refractivity contribution in [3.63, 3.8) is 0 Å². The van der Waals surface area contributed by atoms with Crippen LogP contribution in [0, 0.1) is 12.3 Å². The van der Waals surface area contributed by atoms with E-state index in [-0.39, 0.29) is 5.91 Å². The van der Waals surface area contributed by atoms with Crippen LogP contribution in [0.4, 0.5) is 0 Å². The first-order valence-electron chi connectivity index (χ1n) is 6.60. The van der Waals surface area contributed by atoms with Crippen LogP contribution in [0.15, 0.2) is 18.2 Å². The van der Waals surface area contributed by atoms with Gasteiger partial charge in [-0.05, 0) is 48.4 Å². The number of nitrogens with two attached hydrogens (primary N) is 1. The summed E-state index contributed by atoms with van der Waals surface area (Å²) in [5.74, 6) is -0.361. The van der Waals surface area contributed by atoms with Crippen LogP contribution in [0.1, 0.15) is 47.7 Å². The summed E-state index contributed by atoms with van der Waals surface area (Å²) in [4.78, 5) is 11.1. The molecule has 0 bridgehead atoms. The molecule has 1 saturated carbocycles. The van der Waals surface area contributed by atoms with E-state index in [1.165, 1.54) is 24.8 Å². The molecule has 0 saturated heterocycles. The van der Waals surface area contributed by atoms with Crippen molar-refractivity contribution in [2.45, 2.75) is 39.7 Å². The largest absolute Gasteiger partial charge is 0.366 e. The smallest absolute Gasteiger partial charge is 0.248 e. The van der Waals surface area contributed by atoms with Crippen LogP contribution < -0.4 is 11.1 Å². The fourth-order valence-electron chi connectivity index (χ4n) is 2.50. The highest BCUT2D eigenvalue weighted by molar-refractivity contribution is 5.93. The van der Waals surface area contributed by atoms with E-state index in [1.807, 2.05) is 19.1 Å². The Labute approximate surface area is 109 Å². The Morgan fingerprint density at radius 1 is 1.44 bits per heavy atom. The molecule has 18 heavy (non-hydrogen) atoms. The molecule has 3 nitrogen and oxygen atoms in total. The van der Waals surface area contributed by atoms with Crippen molar-refractivity contribution in [1.82, 2.24) is 5.32 Å². The molecule has 0 spiro atoms. The number of hydrogen-bond acceptors (Lipinski definition) is 2. The van der Waals surface area contributed by atoms with Gasteiger partial charge < -0.3 is 11.1 Å². The second-order valence-corrected chi connectivity index (χ2v) is 5.77. The number of primary amides is 1. The zero-order valence-electron chi connectivity index (χ0n) is 11.3. The standard InChI is InChI=1S/C15H22N2O/c1-11-8-12(14(16)18)4-5-13(11)9-17-10-15(2)6-3-7-15/h4-5,8,17H,3,6-7,9-10H2,1-2H3,(H2,16,18). The number of benzene rings is 1. The van der Waals surface area contributed by atoms with Gasteiger partial charge in [0.1, 0.15) is 0 Å². The average molecular weight is 246 g/mol. The molecule has 98 valence electrons. The molecule has 3 heteroatoms. The summed E-state index contributed by atoms with van der Waals surface area (Å²) >= 11 is 0. The summed E-state index contributed by atoms with van der Waals surface area (Å²) in [6, 6.07) is 5.66. The van der Waals surface area contributed by atoms with Gasteiger partial charge in [-0.3, -0.25) is 4.79 Å². The Hall–Kier alpha value is -1.35. The molecule has 1 fully saturated rings. The lowest BCUT2D eigenvalue weighted by Crippen LogP contribution is -2.37. The zero-order valence-corrected chi connectivity index (χ0v) is 11.3. The van der Waals surface area contributed by atoms with Gasteiger partial charge in [0, 0.05) is 18.7 Å². The van der Waals surface area contributed by atoms with Crippen molar-refractivity contribution in [3.8, 4) is 0 Å². The summed E-state index contributed by atoms with van der Waals surface area (Å²) in [5, 5.41) is 3.52. The van der Waals surface area contributed by atoms with E-state index >= 15 is 0 Å². The van der Waals surface area contributed by atoms with E-state index < -0.39 is 0 Å². The van der Waals surface area contributed by atoms with Gasteiger partial charge in [-0.25, -0.2) is 0 Å². The predicted octanol–water partition coefficient (Wildman–Crippen LogP) is 2.37. The molecule has 0 aliphatic heterocycles. The predicted molar refractivity (Wildman–Crippen MR) is 73.4 cm³/mol. The van der Waals surface area contributed by atoms with Crippen LogP contribution in [0.25, 0.3) is 0 Å². The van der Waals surface area contributed by atoms with Gasteiger partial charge >= 0.3 is 0 Å². The second kappa shape index (κ2) is 5.11. The van der Waals surface area contributed by atoms with Crippen LogP contribution in [0.5, 0.6) is 0 Å². The molecular weight excluding hydrogens is 224 g/mol. The van der Waals surface area contributed by atoms with Crippen molar-refractivity contribution in [2.75, 3.05) is 6.54 Å². The summed E-state index contributed by atoms with van der Waals surface area (Å²) < 4.78 is 0. The third kappa shape index (κ3) is 2.91. The van der Waals surface area contributed by atoms with Gasteiger partial charge in [-0.15, -0.1) is 0 Å². The van der Waals surface area contributed by atoms with Crippen LogP contribution in [-0.4, -0.2) is 12.5 Å². The maximum absolute atomic E-state index is 11.1. The third-order valence-corrected chi connectivity index (χ3v) is 4.05. The Morgan fingerprint density at radius 3 is 2.67 bits per heavy atom. The molecule has 2 rings (SSSR count). The first-order chi connectivity index (χ1) is 8.50. The summed E-state index contributed by atoms with van der Waals surface area (Å²) in [6.45, 7) is 6.30. The number of carbonyl (C=O) groups is 1. The fourth-order valence-corrected chi connectivity index (χ4v) is 2.50. The maximum Gasteiger partial charge on any atom is 0.248 e.